The third-order valence-electron chi connectivity index (χ3n) is 7.19. The molecule has 2 fully saturated rings. The standard InChI is InChI=1S/C24H46O11/c1-2-3-4-5-6-7-8-9-10-11-12-24(14-26)21(31)17(28)19(30)23(35-24)34-20-15(13-25)33-22(32)18(29)16(20)27/h15-23,25-32H,2-14H2,1H3/t15-,16-,17-,18-,19-,20-,21-,22-,23+,24-/m1/s1. The van der Waals surface area contributed by atoms with Crippen LogP contribution in [0.3, 0.4) is 0 Å². The van der Waals surface area contributed by atoms with Crippen molar-refractivity contribution in [3.8, 4) is 0 Å². The molecule has 2 heterocycles. The van der Waals surface area contributed by atoms with Gasteiger partial charge in [-0.05, 0) is 6.42 Å². The zero-order valence-corrected chi connectivity index (χ0v) is 20.7. The number of unbranched alkanes of at least 4 members (excludes halogenated alkanes) is 9. The lowest BCUT2D eigenvalue weighted by atomic mass is 9.83. The molecular formula is C24H46O11. The predicted octanol–water partition coefficient (Wildman–Crippen LogP) is -0.716. The maximum absolute atomic E-state index is 10.6. The number of hydrogen-bond acceptors (Lipinski definition) is 11. The van der Waals surface area contributed by atoms with E-state index < -0.39 is 74.1 Å². The van der Waals surface area contributed by atoms with E-state index in [9.17, 15) is 40.9 Å². The van der Waals surface area contributed by atoms with Gasteiger partial charge in [-0.15, -0.1) is 0 Å². The highest BCUT2D eigenvalue weighted by molar-refractivity contribution is 5.01. The smallest absolute Gasteiger partial charge is 0.187 e. The second-order valence-corrected chi connectivity index (χ2v) is 9.90. The van der Waals surface area contributed by atoms with Crippen molar-refractivity contribution in [1.82, 2.24) is 0 Å². The van der Waals surface area contributed by atoms with Gasteiger partial charge in [-0.25, -0.2) is 0 Å². The zero-order chi connectivity index (χ0) is 26.0. The van der Waals surface area contributed by atoms with Gasteiger partial charge in [0, 0.05) is 0 Å². The summed E-state index contributed by atoms with van der Waals surface area (Å²) in [6.07, 6.45) is -3.43. The van der Waals surface area contributed by atoms with Crippen LogP contribution >= 0.6 is 0 Å². The lowest BCUT2D eigenvalue weighted by molar-refractivity contribution is -0.376. The number of aliphatic hydroxyl groups excluding tert-OH is 8. The molecule has 0 bridgehead atoms. The zero-order valence-electron chi connectivity index (χ0n) is 20.7. The maximum Gasteiger partial charge on any atom is 0.187 e. The lowest BCUT2D eigenvalue weighted by Crippen LogP contribution is -2.68. The van der Waals surface area contributed by atoms with Crippen LogP contribution in [0.4, 0.5) is 0 Å². The molecule has 0 amide bonds. The summed E-state index contributed by atoms with van der Waals surface area (Å²) < 4.78 is 16.4. The first kappa shape index (κ1) is 30.8. The molecule has 11 nitrogen and oxygen atoms in total. The second-order valence-electron chi connectivity index (χ2n) is 9.90. The van der Waals surface area contributed by atoms with Crippen LogP contribution in [0.25, 0.3) is 0 Å². The number of ether oxygens (including phenoxy) is 3. The van der Waals surface area contributed by atoms with Gasteiger partial charge in [0.25, 0.3) is 0 Å². The first-order valence-electron chi connectivity index (χ1n) is 13.0. The Kier molecular flexibility index (Phi) is 13.3. The van der Waals surface area contributed by atoms with Gasteiger partial charge >= 0.3 is 0 Å². The molecule has 0 aliphatic carbocycles. The van der Waals surface area contributed by atoms with E-state index in [2.05, 4.69) is 6.92 Å². The lowest BCUT2D eigenvalue weighted by Gasteiger charge is -2.50. The summed E-state index contributed by atoms with van der Waals surface area (Å²) in [5.74, 6) is 0. The Labute approximate surface area is 207 Å². The SMILES string of the molecule is CCCCCCCCCCCC[C@]1(CO)O[C@H](O[C@H]2[C@H](O)[C@@H](O)[C@H](O)O[C@@H]2CO)[C@H](O)[C@@H](O)[C@H]1O. The molecule has 2 saturated heterocycles. The van der Waals surface area contributed by atoms with E-state index in [1.165, 1.54) is 32.1 Å². The minimum atomic E-state index is -1.75. The molecule has 10 atom stereocenters. The molecule has 8 N–H and O–H groups in total. The van der Waals surface area contributed by atoms with E-state index in [0.717, 1.165) is 25.7 Å². The van der Waals surface area contributed by atoms with Crippen LogP contribution < -0.4 is 0 Å². The van der Waals surface area contributed by atoms with E-state index >= 15 is 0 Å². The molecule has 208 valence electrons. The summed E-state index contributed by atoms with van der Waals surface area (Å²) in [5.41, 5.74) is -1.61. The van der Waals surface area contributed by atoms with Crippen LogP contribution in [-0.4, -0.2) is 115 Å². The van der Waals surface area contributed by atoms with Crippen molar-refractivity contribution in [1.29, 1.82) is 0 Å². The third-order valence-corrected chi connectivity index (χ3v) is 7.19. The van der Waals surface area contributed by atoms with E-state index in [1.54, 1.807) is 0 Å². The van der Waals surface area contributed by atoms with Crippen molar-refractivity contribution in [3.63, 3.8) is 0 Å². The summed E-state index contributed by atoms with van der Waals surface area (Å²) >= 11 is 0. The van der Waals surface area contributed by atoms with Crippen molar-refractivity contribution >= 4 is 0 Å². The fourth-order valence-electron chi connectivity index (χ4n) is 4.86. The molecule has 2 rings (SSSR count). The Balaban J connectivity index is 1.93. The average Bonchev–Trinajstić information content (AvgIpc) is 2.86. The van der Waals surface area contributed by atoms with Crippen molar-refractivity contribution in [2.75, 3.05) is 13.2 Å². The Morgan fingerprint density at radius 3 is 1.83 bits per heavy atom. The van der Waals surface area contributed by atoms with Gasteiger partial charge in [0.1, 0.15) is 48.3 Å². The quantitative estimate of drug-likeness (QED) is 0.130. The first-order chi connectivity index (χ1) is 16.7. The third kappa shape index (κ3) is 8.02. The second kappa shape index (κ2) is 15.1. The van der Waals surface area contributed by atoms with Crippen LogP contribution in [-0.2, 0) is 14.2 Å². The van der Waals surface area contributed by atoms with Gasteiger partial charge in [0.2, 0.25) is 0 Å². The monoisotopic (exact) mass is 510 g/mol. The van der Waals surface area contributed by atoms with Crippen molar-refractivity contribution in [2.24, 2.45) is 0 Å². The summed E-state index contributed by atoms with van der Waals surface area (Å²) in [6.45, 7) is 0.863. The minimum Gasteiger partial charge on any atom is -0.394 e. The number of rotatable bonds is 15. The molecule has 35 heavy (non-hydrogen) atoms. The van der Waals surface area contributed by atoms with Crippen LogP contribution in [0, 0.1) is 0 Å². The Bertz CT molecular complexity index is 580. The van der Waals surface area contributed by atoms with Gasteiger partial charge in [-0.1, -0.05) is 71.1 Å². The summed E-state index contributed by atoms with van der Waals surface area (Å²) in [7, 11) is 0. The van der Waals surface area contributed by atoms with Crippen LogP contribution in [0.15, 0.2) is 0 Å². The van der Waals surface area contributed by atoms with Gasteiger partial charge in [-0.3, -0.25) is 0 Å². The van der Waals surface area contributed by atoms with E-state index in [-0.39, 0.29) is 6.42 Å². The predicted molar refractivity (Wildman–Crippen MR) is 124 cm³/mol. The van der Waals surface area contributed by atoms with Gasteiger partial charge in [0.05, 0.1) is 13.2 Å². The molecule has 0 radical (unpaired) electrons. The summed E-state index contributed by atoms with van der Waals surface area (Å²) in [5, 5.41) is 81.0. The summed E-state index contributed by atoms with van der Waals surface area (Å²) in [4.78, 5) is 0. The number of aliphatic hydroxyl groups is 8. The molecule has 0 spiro atoms. The molecule has 0 aromatic carbocycles. The van der Waals surface area contributed by atoms with E-state index in [0.29, 0.717) is 6.42 Å². The largest absolute Gasteiger partial charge is 0.394 e. The van der Waals surface area contributed by atoms with E-state index in [4.69, 9.17) is 14.2 Å². The molecule has 0 aromatic heterocycles. The molecule has 0 saturated carbocycles. The number of hydrogen-bond donors (Lipinski definition) is 8. The van der Waals surface area contributed by atoms with E-state index in [1.807, 2.05) is 0 Å². The average molecular weight is 511 g/mol. The Hall–Kier alpha value is -0.440. The fraction of sp³-hybridized carbons (Fsp3) is 1.00. The highest BCUT2D eigenvalue weighted by atomic mass is 16.7. The highest BCUT2D eigenvalue weighted by Crippen LogP contribution is 2.36. The topological polar surface area (TPSA) is 190 Å². The Morgan fingerprint density at radius 1 is 0.714 bits per heavy atom. The van der Waals surface area contributed by atoms with Gasteiger partial charge in [0.15, 0.2) is 12.6 Å². The first-order valence-corrected chi connectivity index (χ1v) is 13.0. The normalized spacial score (nSPS) is 40.2. The summed E-state index contributed by atoms with van der Waals surface area (Å²) in [6, 6.07) is 0. The fourth-order valence-corrected chi connectivity index (χ4v) is 4.86. The van der Waals surface area contributed by atoms with Crippen molar-refractivity contribution in [3.05, 3.63) is 0 Å². The van der Waals surface area contributed by atoms with Crippen LogP contribution in [0.2, 0.25) is 0 Å². The molecule has 0 aromatic rings. The van der Waals surface area contributed by atoms with Crippen molar-refractivity contribution < 1.29 is 55.1 Å². The van der Waals surface area contributed by atoms with Crippen LogP contribution in [0.1, 0.15) is 77.6 Å². The van der Waals surface area contributed by atoms with Crippen LogP contribution in [0.5, 0.6) is 0 Å². The van der Waals surface area contributed by atoms with Gasteiger partial charge < -0.3 is 55.1 Å². The molecule has 2 aliphatic rings. The highest BCUT2D eigenvalue weighted by Gasteiger charge is 2.55. The molecule has 11 heteroatoms. The molecule has 2 aliphatic heterocycles. The Morgan fingerprint density at radius 2 is 1.29 bits per heavy atom. The molecular weight excluding hydrogens is 464 g/mol. The maximum atomic E-state index is 10.6. The minimum absolute atomic E-state index is 0.194. The van der Waals surface area contributed by atoms with Crippen molar-refractivity contribution in [2.45, 2.75) is 138 Å². The molecule has 0 unspecified atom stereocenters. The van der Waals surface area contributed by atoms with Gasteiger partial charge in [-0.2, -0.15) is 0 Å².